The fourth-order valence-corrected chi connectivity index (χ4v) is 2.66. The number of thioether (sulfide) groups is 1. The topological polar surface area (TPSA) is 26.0 Å². The number of hydrogen-bond acceptors (Lipinski definition) is 2. The Balaban J connectivity index is 2.83. The quantitative estimate of drug-likeness (QED) is 0.834. The number of benzene rings is 1. The van der Waals surface area contributed by atoms with Crippen LogP contribution >= 0.6 is 11.8 Å². The van der Waals surface area contributed by atoms with Gasteiger partial charge in [0, 0.05) is 11.3 Å². The molecule has 0 aromatic heterocycles. The van der Waals surface area contributed by atoms with Crippen molar-refractivity contribution in [2.24, 2.45) is 5.73 Å². The van der Waals surface area contributed by atoms with Crippen molar-refractivity contribution in [3.05, 3.63) is 35.6 Å². The maximum Gasteiger partial charge on any atom is 0.123 e. The zero-order chi connectivity index (χ0) is 11.3. The lowest BCUT2D eigenvalue weighted by molar-refractivity contribution is 0.618. The van der Waals surface area contributed by atoms with E-state index in [1.165, 1.54) is 12.1 Å². The third-order valence-corrected chi connectivity index (χ3v) is 3.72. The molecule has 0 aliphatic heterocycles. The summed E-state index contributed by atoms with van der Waals surface area (Å²) in [5.74, 6) is 0.833. The third-order valence-electron chi connectivity index (χ3n) is 2.41. The molecule has 1 rings (SSSR count). The van der Waals surface area contributed by atoms with E-state index in [1.807, 2.05) is 23.9 Å². The van der Waals surface area contributed by atoms with Gasteiger partial charge >= 0.3 is 0 Å². The molecule has 15 heavy (non-hydrogen) atoms. The van der Waals surface area contributed by atoms with Gasteiger partial charge in [-0.2, -0.15) is 11.8 Å². The van der Waals surface area contributed by atoms with E-state index in [0.29, 0.717) is 0 Å². The van der Waals surface area contributed by atoms with Gasteiger partial charge in [-0.1, -0.05) is 26.0 Å². The Labute approximate surface area is 95.2 Å². The van der Waals surface area contributed by atoms with E-state index < -0.39 is 0 Å². The Bertz CT molecular complexity index is 286. The molecule has 84 valence electrons. The Hall–Kier alpha value is -0.540. The minimum absolute atomic E-state index is 0.139. The molecule has 0 fully saturated rings. The summed E-state index contributed by atoms with van der Waals surface area (Å²) >= 11 is 1.82. The molecule has 1 nitrogen and oxygen atoms in total. The summed E-state index contributed by atoms with van der Waals surface area (Å²) in [4.78, 5) is 0. The van der Waals surface area contributed by atoms with E-state index in [9.17, 15) is 4.39 Å². The molecular weight excluding hydrogens is 209 g/mol. The van der Waals surface area contributed by atoms with Crippen LogP contribution in [0.25, 0.3) is 0 Å². The normalized spacial score (nSPS) is 14.9. The molecule has 2 atom stereocenters. The predicted octanol–water partition coefficient (Wildman–Crippen LogP) is 3.36. The maximum absolute atomic E-state index is 12.8. The lowest BCUT2D eigenvalue weighted by atomic mass is 10.0. The number of nitrogens with two attached hydrogens (primary N) is 1. The summed E-state index contributed by atoms with van der Waals surface area (Å²) in [5, 5.41) is 0.278. The van der Waals surface area contributed by atoms with E-state index in [-0.39, 0.29) is 17.1 Å². The van der Waals surface area contributed by atoms with Gasteiger partial charge < -0.3 is 5.73 Å². The first kappa shape index (κ1) is 12.5. The molecule has 0 saturated heterocycles. The second kappa shape index (κ2) is 6.13. The first-order chi connectivity index (χ1) is 7.19. The smallest absolute Gasteiger partial charge is 0.123 e. The first-order valence-corrected chi connectivity index (χ1v) is 6.36. The van der Waals surface area contributed by atoms with Crippen LogP contribution in [0.15, 0.2) is 24.3 Å². The maximum atomic E-state index is 12.8. The van der Waals surface area contributed by atoms with Gasteiger partial charge in [0.25, 0.3) is 0 Å². The van der Waals surface area contributed by atoms with Crippen molar-refractivity contribution < 1.29 is 4.39 Å². The lowest BCUT2D eigenvalue weighted by Crippen LogP contribution is -2.25. The molecular formula is C12H18FNS. The Morgan fingerprint density at radius 1 is 1.27 bits per heavy atom. The predicted molar refractivity (Wildman–Crippen MR) is 65.5 cm³/mol. The summed E-state index contributed by atoms with van der Waals surface area (Å²) in [6.45, 7) is 4.20. The van der Waals surface area contributed by atoms with Gasteiger partial charge in [0.15, 0.2) is 0 Å². The van der Waals surface area contributed by atoms with Crippen LogP contribution in [-0.2, 0) is 0 Å². The first-order valence-electron chi connectivity index (χ1n) is 5.31. The van der Waals surface area contributed by atoms with Crippen LogP contribution in [-0.4, -0.2) is 11.8 Å². The fourth-order valence-electron chi connectivity index (χ4n) is 1.51. The van der Waals surface area contributed by atoms with E-state index in [4.69, 9.17) is 5.73 Å². The molecule has 0 aliphatic rings. The van der Waals surface area contributed by atoms with Crippen molar-refractivity contribution in [2.45, 2.75) is 31.6 Å². The number of rotatable bonds is 5. The minimum Gasteiger partial charge on any atom is -0.326 e. The molecule has 2 unspecified atom stereocenters. The van der Waals surface area contributed by atoms with Crippen molar-refractivity contribution in [1.82, 2.24) is 0 Å². The summed E-state index contributed by atoms with van der Waals surface area (Å²) in [6, 6.07) is 6.80. The Morgan fingerprint density at radius 3 is 2.33 bits per heavy atom. The van der Waals surface area contributed by atoms with Gasteiger partial charge in [-0.05, 0) is 29.9 Å². The highest BCUT2D eigenvalue weighted by molar-refractivity contribution is 7.99. The fraction of sp³-hybridized carbons (Fsp3) is 0.500. The van der Waals surface area contributed by atoms with Gasteiger partial charge in [0.1, 0.15) is 5.82 Å². The van der Waals surface area contributed by atoms with Gasteiger partial charge in [0.05, 0.1) is 0 Å². The van der Waals surface area contributed by atoms with Crippen LogP contribution in [0.3, 0.4) is 0 Å². The lowest BCUT2D eigenvalue weighted by Gasteiger charge is -2.22. The molecule has 0 spiro atoms. The average Bonchev–Trinajstić information content (AvgIpc) is 2.26. The van der Waals surface area contributed by atoms with Crippen LogP contribution in [0.4, 0.5) is 4.39 Å². The second-order valence-electron chi connectivity index (χ2n) is 3.50. The van der Waals surface area contributed by atoms with Gasteiger partial charge in [0.2, 0.25) is 0 Å². The summed E-state index contributed by atoms with van der Waals surface area (Å²) < 4.78 is 12.8. The molecule has 1 aromatic carbocycles. The molecule has 0 radical (unpaired) electrons. The van der Waals surface area contributed by atoms with Gasteiger partial charge in [-0.25, -0.2) is 4.39 Å². The van der Waals surface area contributed by atoms with E-state index in [0.717, 1.165) is 17.7 Å². The van der Waals surface area contributed by atoms with Crippen molar-refractivity contribution >= 4 is 11.8 Å². The van der Waals surface area contributed by atoms with Crippen molar-refractivity contribution in [3.63, 3.8) is 0 Å². The van der Waals surface area contributed by atoms with Crippen LogP contribution in [0.5, 0.6) is 0 Å². The minimum atomic E-state index is -0.191. The molecule has 0 heterocycles. The largest absolute Gasteiger partial charge is 0.326 e. The molecule has 0 saturated carbocycles. The second-order valence-corrected chi connectivity index (χ2v) is 4.92. The highest BCUT2D eigenvalue weighted by Crippen LogP contribution is 2.32. The monoisotopic (exact) mass is 227 g/mol. The van der Waals surface area contributed by atoms with E-state index in [2.05, 4.69) is 13.8 Å². The van der Waals surface area contributed by atoms with Gasteiger partial charge in [-0.3, -0.25) is 0 Å². The van der Waals surface area contributed by atoms with Crippen molar-refractivity contribution in [1.29, 1.82) is 0 Å². The third kappa shape index (κ3) is 3.50. The van der Waals surface area contributed by atoms with E-state index >= 15 is 0 Å². The number of hydrogen-bond donors (Lipinski definition) is 1. The van der Waals surface area contributed by atoms with Crippen LogP contribution in [0.2, 0.25) is 0 Å². The zero-order valence-corrected chi connectivity index (χ0v) is 10.1. The highest BCUT2D eigenvalue weighted by atomic mass is 32.2. The Morgan fingerprint density at radius 2 is 1.87 bits per heavy atom. The molecule has 0 aliphatic carbocycles. The molecule has 2 N–H and O–H groups in total. The highest BCUT2D eigenvalue weighted by Gasteiger charge is 2.17. The molecule has 3 heteroatoms. The van der Waals surface area contributed by atoms with Crippen LogP contribution < -0.4 is 5.73 Å². The number of halogens is 1. The van der Waals surface area contributed by atoms with Crippen LogP contribution in [0.1, 0.15) is 31.1 Å². The Kier molecular flexibility index (Phi) is 5.12. The standard InChI is InChI=1S/C12H18FNS/c1-3-11(14)12(15-4-2)9-5-7-10(13)8-6-9/h5-8,11-12H,3-4,14H2,1-2H3. The van der Waals surface area contributed by atoms with Crippen LogP contribution in [0, 0.1) is 5.82 Å². The molecule has 0 bridgehead atoms. The summed E-state index contributed by atoms with van der Waals surface area (Å²) in [6.07, 6.45) is 0.940. The molecule has 1 aromatic rings. The SMILES string of the molecule is CCSC(c1ccc(F)cc1)C(N)CC. The average molecular weight is 227 g/mol. The molecule has 0 amide bonds. The van der Waals surface area contributed by atoms with Crippen molar-refractivity contribution in [3.8, 4) is 0 Å². The van der Waals surface area contributed by atoms with Gasteiger partial charge in [-0.15, -0.1) is 0 Å². The summed E-state index contributed by atoms with van der Waals surface area (Å²) in [5.41, 5.74) is 7.18. The zero-order valence-electron chi connectivity index (χ0n) is 9.24. The van der Waals surface area contributed by atoms with E-state index in [1.54, 1.807) is 0 Å². The van der Waals surface area contributed by atoms with Crippen molar-refractivity contribution in [2.75, 3.05) is 5.75 Å². The summed E-state index contributed by atoms with van der Waals surface area (Å²) in [7, 11) is 0.